The minimum absolute atomic E-state index is 0.0677. The second-order valence-corrected chi connectivity index (χ2v) is 8.47. The molecule has 1 fully saturated rings. The lowest BCUT2D eigenvalue weighted by Gasteiger charge is -2.31. The third-order valence-electron chi connectivity index (χ3n) is 5.90. The smallest absolute Gasteiger partial charge is 0.293 e. The molecule has 0 spiro atoms. The van der Waals surface area contributed by atoms with Gasteiger partial charge in [0.15, 0.2) is 5.69 Å². The van der Waals surface area contributed by atoms with Crippen LogP contribution in [0, 0.1) is 0 Å². The maximum atomic E-state index is 13.0. The van der Waals surface area contributed by atoms with Gasteiger partial charge in [0, 0.05) is 12.6 Å². The van der Waals surface area contributed by atoms with E-state index >= 15 is 0 Å². The lowest BCUT2D eigenvalue weighted by atomic mass is 9.94. The Labute approximate surface area is 197 Å². The molecule has 0 unspecified atom stereocenters. The number of aromatic nitrogens is 5. The second kappa shape index (κ2) is 10.8. The van der Waals surface area contributed by atoms with E-state index in [1.807, 2.05) is 50.4 Å². The molecule has 34 heavy (non-hydrogen) atoms. The zero-order chi connectivity index (χ0) is 23.9. The molecule has 0 radical (unpaired) electrons. The number of nitrogens with zero attached hydrogens (tertiary/aromatic N) is 7. The standard InChI is InChI=1S/C23H29N9O2/c1-16(13-17-9-5-3-6-10-17)14-25-27-23(33)20-19(15-31(2)18-11-7-4-8-12-18)32(30-26-20)22-21(24)28-34-29-22/h3,5-6,9-10,13-14,18H,4,7-8,11-12,15H2,1-2H3,(H2,24,28)(H,27,33)/b16-13+,25-14+. The summed E-state index contributed by atoms with van der Waals surface area (Å²) in [5.74, 6) is -0.209. The van der Waals surface area contributed by atoms with Gasteiger partial charge in [0.25, 0.3) is 5.91 Å². The Morgan fingerprint density at radius 2 is 2.03 bits per heavy atom. The molecule has 1 amide bonds. The quantitative estimate of drug-likeness (QED) is 0.384. The molecular weight excluding hydrogens is 434 g/mol. The Hall–Kier alpha value is -3.86. The first-order valence-electron chi connectivity index (χ1n) is 11.3. The Balaban J connectivity index is 1.53. The minimum Gasteiger partial charge on any atom is -0.378 e. The van der Waals surface area contributed by atoms with Crippen molar-refractivity contribution >= 4 is 24.0 Å². The monoisotopic (exact) mass is 463 g/mol. The second-order valence-electron chi connectivity index (χ2n) is 8.47. The zero-order valence-electron chi connectivity index (χ0n) is 19.4. The van der Waals surface area contributed by atoms with E-state index in [4.69, 9.17) is 10.4 Å². The van der Waals surface area contributed by atoms with E-state index in [0.29, 0.717) is 18.3 Å². The van der Waals surface area contributed by atoms with E-state index in [-0.39, 0.29) is 17.3 Å². The molecule has 1 aliphatic rings. The predicted molar refractivity (Wildman–Crippen MR) is 128 cm³/mol. The summed E-state index contributed by atoms with van der Waals surface area (Å²) in [6.07, 6.45) is 9.44. The van der Waals surface area contributed by atoms with Gasteiger partial charge < -0.3 is 5.73 Å². The van der Waals surface area contributed by atoms with Crippen LogP contribution in [0.15, 0.2) is 45.6 Å². The SMILES string of the molecule is CC(/C=N/NC(=O)c1nnn(-c2nonc2N)c1CN(C)C1CCCCC1)=C\c1ccccc1. The molecule has 4 rings (SSSR count). The van der Waals surface area contributed by atoms with Gasteiger partial charge in [-0.25, -0.2) is 10.1 Å². The number of carbonyl (C=O) groups is 1. The number of hydrogen-bond acceptors (Lipinski definition) is 9. The van der Waals surface area contributed by atoms with Crippen molar-refractivity contribution in [3.8, 4) is 5.82 Å². The van der Waals surface area contributed by atoms with Crippen molar-refractivity contribution < 1.29 is 9.42 Å². The van der Waals surface area contributed by atoms with Crippen LogP contribution in [-0.2, 0) is 6.54 Å². The van der Waals surface area contributed by atoms with Crippen LogP contribution < -0.4 is 11.2 Å². The maximum Gasteiger partial charge on any atom is 0.293 e. The predicted octanol–water partition coefficient (Wildman–Crippen LogP) is 2.82. The molecule has 1 saturated carbocycles. The summed E-state index contributed by atoms with van der Waals surface area (Å²) in [6, 6.07) is 10.3. The van der Waals surface area contributed by atoms with E-state index in [9.17, 15) is 4.79 Å². The van der Waals surface area contributed by atoms with Gasteiger partial charge in [-0.3, -0.25) is 9.69 Å². The van der Waals surface area contributed by atoms with Crippen LogP contribution in [0.2, 0.25) is 0 Å². The number of rotatable bonds is 8. The molecule has 2 aromatic heterocycles. The summed E-state index contributed by atoms with van der Waals surface area (Å²) in [5, 5.41) is 19.7. The number of benzene rings is 1. The maximum absolute atomic E-state index is 13.0. The molecule has 0 bridgehead atoms. The van der Waals surface area contributed by atoms with Crippen LogP contribution >= 0.6 is 0 Å². The average molecular weight is 464 g/mol. The summed E-state index contributed by atoms with van der Waals surface area (Å²) in [7, 11) is 2.04. The van der Waals surface area contributed by atoms with E-state index < -0.39 is 5.91 Å². The summed E-state index contributed by atoms with van der Waals surface area (Å²) in [4.78, 5) is 15.2. The highest BCUT2D eigenvalue weighted by Crippen LogP contribution is 2.24. The summed E-state index contributed by atoms with van der Waals surface area (Å²) in [5.41, 5.74) is 11.0. The summed E-state index contributed by atoms with van der Waals surface area (Å²) in [6.45, 7) is 2.34. The number of carbonyl (C=O) groups excluding carboxylic acids is 1. The fourth-order valence-electron chi connectivity index (χ4n) is 4.11. The molecule has 1 aromatic carbocycles. The molecule has 0 aliphatic heterocycles. The molecule has 0 saturated heterocycles. The molecule has 3 aromatic rings. The number of nitrogen functional groups attached to an aromatic ring is 1. The first kappa shape index (κ1) is 23.3. The van der Waals surface area contributed by atoms with Crippen LogP contribution in [0.4, 0.5) is 5.82 Å². The van der Waals surface area contributed by atoms with Gasteiger partial charge in [-0.15, -0.1) is 5.10 Å². The number of nitrogens with one attached hydrogen (secondary N) is 1. The van der Waals surface area contributed by atoms with Crippen molar-refractivity contribution in [3.05, 3.63) is 52.9 Å². The number of hydrogen-bond donors (Lipinski definition) is 2. The average Bonchev–Trinajstić information content (AvgIpc) is 3.45. The number of hydrazone groups is 1. The molecule has 2 heterocycles. The fourth-order valence-corrected chi connectivity index (χ4v) is 4.11. The van der Waals surface area contributed by atoms with Crippen LogP contribution in [0.5, 0.6) is 0 Å². The number of nitrogens with two attached hydrogens (primary N) is 1. The Morgan fingerprint density at radius 3 is 2.74 bits per heavy atom. The highest BCUT2D eigenvalue weighted by atomic mass is 16.6. The van der Waals surface area contributed by atoms with Crippen molar-refractivity contribution in [1.82, 2.24) is 35.6 Å². The number of anilines is 1. The van der Waals surface area contributed by atoms with E-state index in [1.165, 1.54) is 23.9 Å². The Kier molecular flexibility index (Phi) is 7.43. The normalized spacial score (nSPS) is 15.3. The fraction of sp³-hybridized carbons (Fsp3) is 0.391. The van der Waals surface area contributed by atoms with Gasteiger partial charge in [0.1, 0.15) is 0 Å². The Bertz CT molecular complexity index is 1160. The largest absolute Gasteiger partial charge is 0.378 e. The van der Waals surface area contributed by atoms with Crippen molar-refractivity contribution in [2.24, 2.45) is 5.10 Å². The molecule has 11 heteroatoms. The molecule has 11 nitrogen and oxygen atoms in total. The summed E-state index contributed by atoms with van der Waals surface area (Å²) < 4.78 is 6.14. The molecule has 178 valence electrons. The topological polar surface area (TPSA) is 140 Å². The number of amides is 1. The van der Waals surface area contributed by atoms with Gasteiger partial charge in [0.05, 0.1) is 11.9 Å². The van der Waals surface area contributed by atoms with Crippen LogP contribution in [0.3, 0.4) is 0 Å². The van der Waals surface area contributed by atoms with E-state index in [0.717, 1.165) is 24.0 Å². The molecule has 3 N–H and O–H groups in total. The Morgan fingerprint density at radius 1 is 1.26 bits per heavy atom. The lowest BCUT2D eigenvalue weighted by Crippen LogP contribution is -2.34. The van der Waals surface area contributed by atoms with Crippen molar-refractivity contribution in [2.45, 2.75) is 51.6 Å². The first-order chi connectivity index (χ1) is 16.5. The van der Waals surface area contributed by atoms with Crippen molar-refractivity contribution in [1.29, 1.82) is 0 Å². The first-order valence-corrected chi connectivity index (χ1v) is 11.3. The third-order valence-corrected chi connectivity index (χ3v) is 5.90. The van der Waals surface area contributed by atoms with Gasteiger partial charge >= 0.3 is 0 Å². The van der Waals surface area contributed by atoms with Crippen LogP contribution in [0.25, 0.3) is 11.9 Å². The minimum atomic E-state index is -0.475. The van der Waals surface area contributed by atoms with Gasteiger partial charge in [0.2, 0.25) is 11.6 Å². The highest BCUT2D eigenvalue weighted by molar-refractivity contribution is 5.94. The van der Waals surface area contributed by atoms with Gasteiger partial charge in [-0.1, -0.05) is 60.9 Å². The van der Waals surface area contributed by atoms with Crippen LogP contribution in [0.1, 0.15) is 60.8 Å². The van der Waals surface area contributed by atoms with Crippen molar-refractivity contribution in [3.63, 3.8) is 0 Å². The van der Waals surface area contributed by atoms with Gasteiger partial charge in [-0.2, -0.15) is 9.78 Å². The van der Waals surface area contributed by atoms with E-state index in [1.54, 1.807) is 6.21 Å². The molecule has 0 atom stereocenters. The molecule has 1 aliphatic carbocycles. The third kappa shape index (κ3) is 5.54. The zero-order valence-corrected chi connectivity index (χ0v) is 19.4. The summed E-state index contributed by atoms with van der Waals surface area (Å²) >= 11 is 0. The van der Waals surface area contributed by atoms with Gasteiger partial charge in [-0.05, 0) is 48.3 Å². The number of allylic oxidation sites excluding steroid dienone is 1. The van der Waals surface area contributed by atoms with E-state index in [2.05, 4.69) is 36.1 Å². The molecular formula is C23H29N9O2. The lowest BCUT2D eigenvalue weighted by molar-refractivity contribution is 0.0947. The highest BCUT2D eigenvalue weighted by Gasteiger charge is 2.27. The van der Waals surface area contributed by atoms with Crippen molar-refractivity contribution in [2.75, 3.05) is 12.8 Å². The van der Waals surface area contributed by atoms with Crippen LogP contribution in [-0.4, -0.2) is 55.4 Å².